The summed E-state index contributed by atoms with van der Waals surface area (Å²) >= 11 is 0. The van der Waals surface area contributed by atoms with Crippen LogP contribution in [0.1, 0.15) is 51.0 Å². The molecule has 95 valence electrons. The minimum atomic E-state index is 1.13. The minimum Gasteiger partial charge on any atom is -0.246 e. The molecule has 0 N–H and O–H groups in total. The number of rotatable bonds is 7. The molecule has 1 radical (unpaired) electrons. The number of para-hydroxylation sites is 1. The smallest absolute Gasteiger partial charge is 0.0894 e. The largest absolute Gasteiger partial charge is 0.246 e. The average Bonchev–Trinajstić information content (AvgIpc) is 2.43. The Morgan fingerprint density at radius 2 is 1.83 bits per heavy atom. The second kappa shape index (κ2) is 7.15. The first-order valence-electron chi connectivity index (χ1n) is 7.16. The minimum absolute atomic E-state index is 1.13. The number of aromatic nitrogens is 1. The molecule has 0 bridgehead atoms. The summed E-state index contributed by atoms with van der Waals surface area (Å²) in [7, 11) is 0. The van der Waals surface area contributed by atoms with Crippen molar-refractivity contribution >= 4 is 10.9 Å². The molecular weight excluding hydrogens is 218 g/mol. The molecule has 2 aromatic rings. The van der Waals surface area contributed by atoms with E-state index in [0.29, 0.717) is 0 Å². The van der Waals surface area contributed by atoms with E-state index in [2.05, 4.69) is 42.4 Å². The van der Waals surface area contributed by atoms with Gasteiger partial charge >= 0.3 is 0 Å². The lowest BCUT2D eigenvalue weighted by atomic mass is 10.0. The van der Waals surface area contributed by atoms with E-state index in [0.717, 1.165) is 11.9 Å². The summed E-state index contributed by atoms with van der Waals surface area (Å²) in [6, 6.07) is 10.4. The predicted molar refractivity (Wildman–Crippen MR) is 77.7 cm³/mol. The van der Waals surface area contributed by atoms with Crippen LogP contribution in [0.2, 0.25) is 0 Å². The highest BCUT2D eigenvalue weighted by atomic mass is 14.6. The summed E-state index contributed by atoms with van der Waals surface area (Å²) in [6.45, 7) is 2.26. The Labute approximate surface area is 110 Å². The van der Waals surface area contributed by atoms with E-state index in [-0.39, 0.29) is 0 Å². The maximum Gasteiger partial charge on any atom is 0.0894 e. The summed E-state index contributed by atoms with van der Waals surface area (Å²) in [6.07, 6.45) is 12.2. The summed E-state index contributed by atoms with van der Waals surface area (Å²) < 4.78 is 0. The van der Waals surface area contributed by atoms with Crippen LogP contribution < -0.4 is 0 Å². The molecule has 0 amide bonds. The van der Waals surface area contributed by atoms with Gasteiger partial charge in [-0.3, -0.25) is 0 Å². The van der Waals surface area contributed by atoms with E-state index in [1.807, 2.05) is 6.07 Å². The zero-order valence-corrected chi connectivity index (χ0v) is 11.3. The van der Waals surface area contributed by atoms with E-state index in [1.165, 1.54) is 49.5 Å². The number of unbranched alkanes of at least 4 members (excludes halogenated alkanes) is 5. The van der Waals surface area contributed by atoms with Gasteiger partial charge in [0.25, 0.3) is 0 Å². The van der Waals surface area contributed by atoms with Crippen LogP contribution in [-0.4, -0.2) is 4.98 Å². The van der Waals surface area contributed by atoms with Gasteiger partial charge in [-0.05, 0) is 24.5 Å². The van der Waals surface area contributed by atoms with E-state index in [9.17, 15) is 0 Å². The molecule has 2 rings (SSSR count). The van der Waals surface area contributed by atoms with Crippen LogP contribution in [0.25, 0.3) is 10.9 Å². The number of hydrogen-bond donors (Lipinski definition) is 0. The Morgan fingerprint density at radius 1 is 1.00 bits per heavy atom. The number of aryl methyl sites for hydroxylation is 1. The quantitative estimate of drug-likeness (QED) is 0.625. The molecule has 1 aromatic carbocycles. The molecule has 18 heavy (non-hydrogen) atoms. The molecule has 0 saturated carbocycles. The first kappa shape index (κ1) is 13.1. The van der Waals surface area contributed by atoms with Gasteiger partial charge in [0.15, 0.2) is 0 Å². The van der Waals surface area contributed by atoms with E-state index >= 15 is 0 Å². The highest BCUT2D eigenvalue weighted by Gasteiger charge is 2.01. The van der Waals surface area contributed by atoms with Crippen molar-refractivity contribution < 1.29 is 0 Å². The summed E-state index contributed by atoms with van der Waals surface area (Å²) in [5.41, 5.74) is 2.51. The SMILES string of the molecule is CCCCCCCCc1cccc2cc[c]nc12. The normalized spacial score (nSPS) is 10.9. The topological polar surface area (TPSA) is 12.9 Å². The van der Waals surface area contributed by atoms with Crippen molar-refractivity contribution in [3.8, 4) is 0 Å². The van der Waals surface area contributed by atoms with Crippen LogP contribution in [-0.2, 0) is 6.42 Å². The van der Waals surface area contributed by atoms with Crippen LogP contribution in [0.15, 0.2) is 30.3 Å². The molecule has 0 aliphatic heterocycles. The number of pyridine rings is 1. The maximum atomic E-state index is 4.38. The van der Waals surface area contributed by atoms with Crippen molar-refractivity contribution in [3.05, 3.63) is 42.1 Å². The molecular formula is C17H22N. The van der Waals surface area contributed by atoms with Crippen molar-refractivity contribution in [1.29, 1.82) is 0 Å². The van der Waals surface area contributed by atoms with Crippen LogP contribution in [0.3, 0.4) is 0 Å². The zero-order valence-electron chi connectivity index (χ0n) is 11.3. The molecule has 0 aliphatic carbocycles. The Hall–Kier alpha value is -1.37. The van der Waals surface area contributed by atoms with Gasteiger partial charge < -0.3 is 0 Å². The lowest BCUT2D eigenvalue weighted by molar-refractivity contribution is 0.608. The lowest BCUT2D eigenvalue weighted by Gasteiger charge is -2.05. The average molecular weight is 240 g/mol. The van der Waals surface area contributed by atoms with Crippen LogP contribution >= 0.6 is 0 Å². The van der Waals surface area contributed by atoms with E-state index in [4.69, 9.17) is 0 Å². The molecule has 1 aromatic heterocycles. The van der Waals surface area contributed by atoms with Crippen molar-refractivity contribution in [2.24, 2.45) is 0 Å². The highest BCUT2D eigenvalue weighted by molar-refractivity contribution is 5.81. The second-order valence-corrected chi connectivity index (χ2v) is 4.95. The standard InChI is InChI=1S/C17H22N/c1-2-3-4-5-6-7-10-15-11-8-12-16-13-9-14-18-17(15)16/h8-9,11-13H,2-7,10H2,1H3. The highest BCUT2D eigenvalue weighted by Crippen LogP contribution is 2.18. The first-order chi connectivity index (χ1) is 8.92. The van der Waals surface area contributed by atoms with Gasteiger partial charge in [-0.15, -0.1) is 0 Å². The molecule has 0 aliphatic rings. The Morgan fingerprint density at radius 3 is 2.72 bits per heavy atom. The monoisotopic (exact) mass is 240 g/mol. The number of fused-ring (bicyclic) bond motifs is 1. The van der Waals surface area contributed by atoms with Crippen molar-refractivity contribution in [2.75, 3.05) is 0 Å². The van der Waals surface area contributed by atoms with Crippen molar-refractivity contribution in [3.63, 3.8) is 0 Å². The van der Waals surface area contributed by atoms with Crippen LogP contribution in [0, 0.1) is 6.20 Å². The molecule has 0 saturated heterocycles. The molecule has 0 spiro atoms. The molecule has 1 nitrogen and oxygen atoms in total. The van der Waals surface area contributed by atoms with Gasteiger partial charge in [-0.25, -0.2) is 4.98 Å². The second-order valence-electron chi connectivity index (χ2n) is 4.95. The van der Waals surface area contributed by atoms with Gasteiger partial charge in [0, 0.05) is 5.39 Å². The van der Waals surface area contributed by atoms with E-state index < -0.39 is 0 Å². The van der Waals surface area contributed by atoms with Gasteiger partial charge in [-0.2, -0.15) is 0 Å². The molecule has 0 fully saturated rings. The number of benzene rings is 1. The molecule has 0 atom stereocenters. The van der Waals surface area contributed by atoms with E-state index in [1.54, 1.807) is 0 Å². The molecule has 0 unspecified atom stereocenters. The summed E-state index contributed by atoms with van der Waals surface area (Å²) in [5.74, 6) is 0. The third kappa shape index (κ3) is 3.56. The predicted octanol–water partition coefficient (Wildman–Crippen LogP) is 4.94. The van der Waals surface area contributed by atoms with Crippen LogP contribution in [0.4, 0.5) is 0 Å². The Bertz CT molecular complexity index is 470. The van der Waals surface area contributed by atoms with Gasteiger partial charge in [0.1, 0.15) is 0 Å². The summed E-state index contributed by atoms with van der Waals surface area (Å²) in [5, 5.41) is 1.23. The van der Waals surface area contributed by atoms with Crippen molar-refractivity contribution in [2.45, 2.75) is 51.9 Å². The van der Waals surface area contributed by atoms with Gasteiger partial charge in [0.05, 0.1) is 11.7 Å². The molecule has 1 heteroatoms. The Balaban J connectivity index is 1.88. The molecule has 1 heterocycles. The fourth-order valence-corrected chi connectivity index (χ4v) is 2.41. The lowest BCUT2D eigenvalue weighted by Crippen LogP contribution is -1.90. The fraction of sp³-hybridized carbons (Fsp3) is 0.471. The third-order valence-corrected chi connectivity index (χ3v) is 3.46. The van der Waals surface area contributed by atoms with Gasteiger partial charge in [-0.1, -0.05) is 63.3 Å². The van der Waals surface area contributed by atoms with Crippen molar-refractivity contribution in [1.82, 2.24) is 4.98 Å². The fourth-order valence-electron chi connectivity index (χ4n) is 2.41. The number of nitrogens with zero attached hydrogens (tertiary/aromatic N) is 1. The third-order valence-electron chi connectivity index (χ3n) is 3.46. The Kier molecular flexibility index (Phi) is 5.19. The number of hydrogen-bond acceptors (Lipinski definition) is 1. The first-order valence-corrected chi connectivity index (χ1v) is 7.16. The van der Waals surface area contributed by atoms with Gasteiger partial charge in [0.2, 0.25) is 0 Å². The zero-order chi connectivity index (χ0) is 12.6. The van der Waals surface area contributed by atoms with Crippen LogP contribution in [0.5, 0.6) is 0 Å². The maximum absolute atomic E-state index is 4.38. The summed E-state index contributed by atoms with van der Waals surface area (Å²) in [4.78, 5) is 4.38.